The van der Waals surface area contributed by atoms with Crippen LogP contribution in [0.15, 0.2) is 24.3 Å². The Hall–Kier alpha value is -3.18. The van der Waals surface area contributed by atoms with Gasteiger partial charge in [0, 0.05) is 26.6 Å². The number of hydrogen-bond donors (Lipinski definition) is 4. The number of nitrogens with one attached hydrogen (secondary N) is 3. The number of rotatable bonds is 4. The zero-order valence-corrected chi connectivity index (χ0v) is 20.0. The maximum atomic E-state index is 13.5. The second kappa shape index (κ2) is 13.1. The van der Waals surface area contributed by atoms with Crippen LogP contribution < -0.4 is 20.7 Å². The molecule has 3 rings (SSSR count). The Labute approximate surface area is 204 Å². The predicted octanol–water partition coefficient (Wildman–Crippen LogP) is -0.422. The van der Waals surface area contributed by atoms with Crippen LogP contribution in [0.1, 0.15) is 42.5 Å². The van der Waals surface area contributed by atoms with E-state index < -0.39 is 36.4 Å². The standard InChI is InChI=1S/C24H34N4O7/c1-34-15-16-6-4-12-28(16)24(33)18-9-10-21(30)26-19(14-29)23(32)25-11-5-13-35-20-8-3-2-7-17(20)22(31)27-18/h2-3,7-8,16,18-19,29H,4-6,9-15H2,1H3,(H,25,32)(H,26,30)(H,27,31)/t16-,18-,19?/m0/s1. The van der Waals surface area contributed by atoms with Gasteiger partial charge in [0.25, 0.3) is 5.91 Å². The molecule has 3 atom stereocenters. The normalized spacial score (nSPS) is 24.6. The molecule has 35 heavy (non-hydrogen) atoms. The lowest BCUT2D eigenvalue weighted by atomic mass is 10.1. The van der Waals surface area contributed by atoms with Crippen molar-refractivity contribution in [2.24, 2.45) is 0 Å². The molecule has 0 saturated carbocycles. The highest BCUT2D eigenvalue weighted by molar-refractivity contribution is 6.00. The molecule has 1 aromatic rings. The van der Waals surface area contributed by atoms with E-state index in [2.05, 4.69) is 16.0 Å². The minimum atomic E-state index is -1.11. The largest absolute Gasteiger partial charge is 0.493 e. The molecular formula is C24H34N4O7. The Morgan fingerprint density at radius 3 is 2.74 bits per heavy atom. The number of aliphatic hydroxyl groups excluding tert-OH is 1. The molecule has 2 aliphatic rings. The summed E-state index contributed by atoms with van der Waals surface area (Å²) in [5.74, 6) is -1.41. The van der Waals surface area contributed by atoms with Gasteiger partial charge >= 0.3 is 0 Å². The minimum absolute atomic E-state index is 0.0232. The molecule has 11 nitrogen and oxygen atoms in total. The van der Waals surface area contributed by atoms with E-state index in [9.17, 15) is 24.3 Å². The molecular weight excluding hydrogens is 456 g/mol. The van der Waals surface area contributed by atoms with Crippen LogP contribution in [0.25, 0.3) is 0 Å². The Morgan fingerprint density at radius 2 is 1.97 bits per heavy atom. The van der Waals surface area contributed by atoms with Crippen molar-refractivity contribution in [2.45, 2.75) is 50.2 Å². The second-order valence-electron chi connectivity index (χ2n) is 8.64. The molecule has 1 saturated heterocycles. The fourth-order valence-electron chi connectivity index (χ4n) is 4.29. The highest BCUT2D eigenvalue weighted by Crippen LogP contribution is 2.22. The first kappa shape index (κ1) is 26.4. The van der Waals surface area contributed by atoms with Crippen molar-refractivity contribution >= 4 is 23.6 Å². The van der Waals surface area contributed by atoms with Gasteiger partial charge in [0.05, 0.1) is 31.4 Å². The Balaban J connectivity index is 1.84. The van der Waals surface area contributed by atoms with Gasteiger partial charge in [-0.3, -0.25) is 19.2 Å². The molecule has 0 radical (unpaired) electrons. The van der Waals surface area contributed by atoms with Crippen LogP contribution in [0.5, 0.6) is 5.75 Å². The number of carbonyl (C=O) groups is 4. The van der Waals surface area contributed by atoms with Gasteiger partial charge in [-0.2, -0.15) is 0 Å². The smallest absolute Gasteiger partial charge is 0.255 e. The van der Waals surface area contributed by atoms with E-state index >= 15 is 0 Å². The summed E-state index contributed by atoms with van der Waals surface area (Å²) in [6.07, 6.45) is 1.97. The van der Waals surface area contributed by atoms with Crippen molar-refractivity contribution in [3.8, 4) is 5.75 Å². The number of aliphatic hydroxyl groups is 1. The van der Waals surface area contributed by atoms with Crippen molar-refractivity contribution in [1.29, 1.82) is 0 Å². The fourth-order valence-corrected chi connectivity index (χ4v) is 4.29. The van der Waals surface area contributed by atoms with Crippen molar-refractivity contribution in [2.75, 3.05) is 40.0 Å². The molecule has 4 N–H and O–H groups in total. The first-order chi connectivity index (χ1) is 16.9. The number of para-hydroxylation sites is 1. The maximum Gasteiger partial charge on any atom is 0.255 e. The molecule has 1 unspecified atom stereocenters. The first-order valence-corrected chi connectivity index (χ1v) is 11.9. The van der Waals surface area contributed by atoms with E-state index in [4.69, 9.17) is 9.47 Å². The third-order valence-corrected chi connectivity index (χ3v) is 6.13. The number of ether oxygens (including phenoxy) is 2. The topological polar surface area (TPSA) is 146 Å². The Bertz CT molecular complexity index is 910. The number of methoxy groups -OCH3 is 1. The zero-order valence-electron chi connectivity index (χ0n) is 20.0. The lowest BCUT2D eigenvalue weighted by Crippen LogP contribution is -2.52. The summed E-state index contributed by atoms with van der Waals surface area (Å²) in [6.45, 7) is 0.867. The third kappa shape index (κ3) is 7.15. The Morgan fingerprint density at radius 1 is 1.17 bits per heavy atom. The van der Waals surface area contributed by atoms with Crippen molar-refractivity contribution < 1.29 is 33.8 Å². The van der Waals surface area contributed by atoms with E-state index in [0.29, 0.717) is 25.3 Å². The minimum Gasteiger partial charge on any atom is -0.493 e. The SMILES string of the molecule is COC[C@@H]1CCCN1C(=O)[C@@H]1CCC(=O)NC(CO)C(=O)NCCCOc2ccccc2C(=O)N1. The summed E-state index contributed by atoms with van der Waals surface area (Å²) in [4.78, 5) is 53.2. The van der Waals surface area contributed by atoms with E-state index in [1.165, 1.54) is 0 Å². The summed E-state index contributed by atoms with van der Waals surface area (Å²) in [5, 5.41) is 17.5. The molecule has 0 aliphatic carbocycles. The van der Waals surface area contributed by atoms with Crippen molar-refractivity contribution in [3.63, 3.8) is 0 Å². The van der Waals surface area contributed by atoms with Crippen molar-refractivity contribution in [1.82, 2.24) is 20.9 Å². The predicted molar refractivity (Wildman–Crippen MR) is 126 cm³/mol. The molecule has 0 aromatic heterocycles. The number of nitrogens with zero attached hydrogens (tertiary/aromatic N) is 1. The van der Waals surface area contributed by atoms with Gasteiger partial charge in [0.1, 0.15) is 17.8 Å². The molecule has 1 aromatic carbocycles. The van der Waals surface area contributed by atoms with Crippen molar-refractivity contribution in [3.05, 3.63) is 29.8 Å². The van der Waals surface area contributed by atoms with E-state index in [1.807, 2.05) is 0 Å². The van der Waals surface area contributed by atoms with Crippen LogP contribution >= 0.6 is 0 Å². The number of hydrogen-bond acceptors (Lipinski definition) is 7. The summed E-state index contributed by atoms with van der Waals surface area (Å²) < 4.78 is 11.0. The number of carbonyl (C=O) groups excluding carboxylic acids is 4. The zero-order chi connectivity index (χ0) is 25.2. The number of fused-ring (bicyclic) bond motifs is 1. The number of amides is 4. The van der Waals surface area contributed by atoms with Gasteiger partial charge in [0.15, 0.2) is 0 Å². The number of benzene rings is 1. The molecule has 0 bridgehead atoms. The molecule has 192 valence electrons. The molecule has 4 amide bonds. The highest BCUT2D eigenvalue weighted by Gasteiger charge is 2.34. The van der Waals surface area contributed by atoms with Crippen LogP contribution in [0.4, 0.5) is 0 Å². The average molecular weight is 491 g/mol. The van der Waals surface area contributed by atoms with Gasteiger partial charge in [-0.15, -0.1) is 0 Å². The monoisotopic (exact) mass is 490 g/mol. The second-order valence-corrected chi connectivity index (χ2v) is 8.64. The fraction of sp³-hybridized carbons (Fsp3) is 0.583. The van der Waals surface area contributed by atoms with Gasteiger partial charge < -0.3 is 35.4 Å². The van der Waals surface area contributed by atoms with Gasteiger partial charge in [-0.05, 0) is 37.8 Å². The van der Waals surface area contributed by atoms with Crippen LogP contribution in [0.3, 0.4) is 0 Å². The highest BCUT2D eigenvalue weighted by atomic mass is 16.5. The van der Waals surface area contributed by atoms with Gasteiger partial charge in [-0.25, -0.2) is 0 Å². The van der Waals surface area contributed by atoms with Crippen LogP contribution in [0, 0.1) is 0 Å². The molecule has 1 fully saturated rings. The van der Waals surface area contributed by atoms with Crippen LogP contribution in [-0.4, -0.2) is 91.8 Å². The molecule has 2 heterocycles. The Kier molecular flexibility index (Phi) is 9.86. The maximum absolute atomic E-state index is 13.5. The van der Waals surface area contributed by atoms with E-state index in [1.54, 1.807) is 36.3 Å². The third-order valence-electron chi connectivity index (χ3n) is 6.13. The lowest BCUT2D eigenvalue weighted by molar-refractivity contribution is -0.135. The average Bonchev–Trinajstić information content (AvgIpc) is 3.32. The molecule has 0 spiro atoms. The summed E-state index contributed by atoms with van der Waals surface area (Å²) in [6, 6.07) is 4.55. The van der Waals surface area contributed by atoms with E-state index in [-0.39, 0.29) is 43.5 Å². The first-order valence-electron chi connectivity index (χ1n) is 11.9. The van der Waals surface area contributed by atoms with Gasteiger partial charge in [0.2, 0.25) is 17.7 Å². The number of likely N-dealkylation sites (tertiary alicyclic amines) is 1. The quantitative estimate of drug-likeness (QED) is 0.448. The van der Waals surface area contributed by atoms with E-state index in [0.717, 1.165) is 12.8 Å². The lowest BCUT2D eigenvalue weighted by Gasteiger charge is -2.29. The summed E-state index contributed by atoms with van der Waals surface area (Å²) in [5.41, 5.74) is 0.279. The van der Waals surface area contributed by atoms with Gasteiger partial charge in [-0.1, -0.05) is 12.1 Å². The van der Waals surface area contributed by atoms with Crippen LogP contribution in [0.2, 0.25) is 0 Å². The molecule has 11 heteroatoms. The van der Waals surface area contributed by atoms with Crippen LogP contribution in [-0.2, 0) is 19.1 Å². The summed E-state index contributed by atoms with van der Waals surface area (Å²) in [7, 11) is 1.57. The summed E-state index contributed by atoms with van der Waals surface area (Å²) >= 11 is 0. The molecule has 2 aliphatic heterocycles.